The van der Waals surface area contributed by atoms with E-state index in [1.54, 1.807) is 23.7 Å². The first-order chi connectivity index (χ1) is 7.65. The van der Waals surface area contributed by atoms with Crippen LogP contribution in [-0.2, 0) is 17.9 Å². The van der Waals surface area contributed by atoms with Crippen LogP contribution >= 0.6 is 0 Å². The van der Waals surface area contributed by atoms with Crippen molar-refractivity contribution in [3.63, 3.8) is 0 Å². The molecule has 6 heteroatoms. The van der Waals surface area contributed by atoms with Crippen LogP contribution < -0.4 is 5.32 Å². The van der Waals surface area contributed by atoms with Gasteiger partial charge in [-0.2, -0.15) is 0 Å². The predicted octanol–water partition coefficient (Wildman–Crippen LogP) is -0.382. The zero-order valence-electron chi connectivity index (χ0n) is 9.68. The molecule has 0 atom stereocenters. The number of nitrogens with one attached hydrogen (secondary N) is 1. The topological polar surface area (TPSA) is 63.1 Å². The van der Waals surface area contributed by atoms with Crippen molar-refractivity contribution < 1.29 is 4.79 Å². The van der Waals surface area contributed by atoms with Crippen molar-refractivity contribution >= 4 is 5.91 Å². The first kappa shape index (κ1) is 11.1. The third-order valence-electron chi connectivity index (χ3n) is 2.53. The third kappa shape index (κ3) is 3.03. The Morgan fingerprint density at radius 3 is 3.00 bits per heavy atom. The minimum Gasteiger partial charge on any atom is -0.347 e. The molecule has 0 saturated heterocycles. The second kappa shape index (κ2) is 4.61. The molecule has 0 spiro atoms. The molecule has 1 aromatic heterocycles. The molecule has 2 rings (SSSR count). The summed E-state index contributed by atoms with van der Waals surface area (Å²) in [6.45, 7) is 0.990. The van der Waals surface area contributed by atoms with E-state index in [4.69, 9.17) is 0 Å². The molecule has 1 fully saturated rings. The fourth-order valence-electron chi connectivity index (χ4n) is 1.31. The molecule has 0 aromatic carbocycles. The molecule has 0 unspecified atom stereocenters. The van der Waals surface area contributed by atoms with Gasteiger partial charge in [-0.3, -0.25) is 4.79 Å². The van der Waals surface area contributed by atoms with Gasteiger partial charge in [0.15, 0.2) is 0 Å². The van der Waals surface area contributed by atoms with Crippen molar-refractivity contribution in [1.29, 1.82) is 0 Å². The largest absolute Gasteiger partial charge is 0.347 e. The lowest BCUT2D eigenvalue weighted by atomic mass is 10.4. The summed E-state index contributed by atoms with van der Waals surface area (Å²) in [7, 11) is 3.46. The minimum atomic E-state index is 0.0200. The van der Waals surface area contributed by atoms with Gasteiger partial charge in [0, 0.05) is 26.7 Å². The van der Waals surface area contributed by atoms with Crippen LogP contribution in [-0.4, -0.2) is 45.9 Å². The predicted molar refractivity (Wildman–Crippen MR) is 58.6 cm³/mol. The number of hydrogen-bond acceptors (Lipinski definition) is 4. The second-order valence-electron chi connectivity index (χ2n) is 4.35. The summed E-state index contributed by atoms with van der Waals surface area (Å²) in [5, 5.41) is 11.3. The maximum atomic E-state index is 11.4. The summed E-state index contributed by atoms with van der Waals surface area (Å²) in [6.07, 6.45) is 4.33. The van der Waals surface area contributed by atoms with Crippen molar-refractivity contribution in [3.8, 4) is 0 Å². The first-order valence-corrected chi connectivity index (χ1v) is 5.47. The highest BCUT2D eigenvalue weighted by Gasteiger charge is 2.20. The van der Waals surface area contributed by atoms with Crippen LogP contribution in [0, 0.1) is 0 Å². The standard InChI is InChI=1S/C10H17N5O/c1-14(2)10(16)7-15-6-9(12-13-15)5-11-8-3-4-8/h6,8,11H,3-5,7H2,1-2H3. The minimum absolute atomic E-state index is 0.0200. The highest BCUT2D eigenvalue weighted by Crippen LogP contribution is 2.18. The van der Waals surface area contributed by atoms with Gasteiger partial charge in [0.1, 0.15) is 6.54 Å². The molecule has 6 nitrogen and oxygen atoms in total. The third-order valence-corrected chi connectivity index (χ3v) is 2.53. The van der Waals surface area contributed by atoms with Gasteiger partial charge in [0.05, 0.1) is 11.9 Å². The molecule has 0 radical (unpaired) electrons. The Balaban J connectivity index is 1.83. The molecule has 16 heavy (non-hydrogen) atoms. The zero-order chi connectivity index (χ0) is 11.5. The number of nitrogens with zero attached hydrogens (tertiary/aromatic N) is 4. The second-order valence-corrected chi connectivity index (χ2v) is 4.35. The van der Waals surface area contributed by atoms with Crippen molar-refractivity contribution in [2.75, 3.05) is 14.1 Å². The first-order valence-electron chi connectivity index (χ1n) is 5.47. The number of amides is 1. The molecule has 0 aliphatic heterocycles. The van der Waals surface area contributed by atoms with Gasteiger partial charge in [0.25, 0.3) is 0 Å². The van der Waals surface area contributed by atoms with Crippen LogP contribution in [0.4, 0.5) is 0 Å². The summed E-state index contributed by atoms with van der Waals surface area (Å²) in [6, 6.07) is 0.661. The average molecular weight is 223 g/mol. The van der Waals surface area contributed by atoms with Gasteiger partial charge in [-0.15, -0.1) is 5.10 Å². The fourth-order valence-corrected chi connectivity index (χ4v) is 1.31. The molecule has 1 aromatic rings. The molecule has 0 bridgehead atoms. The number of carbonyl (C=O) groups excluding carboxylic acids is 1. The van der Waals surface area contributed by atoms with Gasteiger partial charge < -0.3 is 10.2 Å². The Hall–Kier alpha value is -1.43. The lowest BCUT2D eigenvalue weighted by molar-refractivity contribution is -0.129. The maximum Gasteiger partial charge on any atom is 0.243 e. The van der Waals surface area contributed by atoms with Crippen LogP contribution in [0.25, 0.3) is 0 Å². The van der Waals surface area contributed by atoms with Crippen molar-refractivity contribution in [2.45, 2.75) is 32.0 Å². The van der Waals surface area contributed by atoms with E-state index in [9.17, 15) is 4.79 Å². The van der Waals surface area contributed by atoms with Crippen LogP contribution in [0.2, 0.25) is 0 Å². The Morgan fingerprint density at radius 1 is 1.62 bits per heavy atom. The molecule has 1 N–H and O–H groups in total. The van der Waals surface area contributed by atoms with E-state index in [0.717, 1.165) is 12.2 Å². The van der Waals surface area contributed by atoms with Crippen molar-refractivity contribution in [3.05, 3.63) is 11.9 Å². The lowest BCUT2D eigenvalue weighted by Gasteiger charge is -2.08. The molecule has 1 aliphatic carbocycles. The monoisotopic (exact) mass is 223 g/mol. The normalized spacial score (nSPS) is 15.1. The van der Waals surface area contributed by atoms with Crippen LogP contribution in [0.5, 0.6) is 0 Å². The molecule has 1 amide bonds. The van der Waals surface area contributed by atoms with E-state index in [0.29, 0.717) is 6.04 Å². The van der Waals surface area contributed by atoms with E-state index < -0.39 is 0 Å². The van der Waals surface area contributed by atoms with E-state index in [1.807, 2.05) is 6.20 Å². The summed E-state index contributed by atoms with van der Waals surface area (Å²) >= 11 is 0. The highest BCUT2D eigenvalue weighted by molar-refractivity contribution is 5.75. The van der Waals surface area contributed by atoms with Gasteiger partial charge in [-0.1, -0.05) is 5.21 Å². The SMILES string of the molecule is CN(C)C(=O)Cn1cc(CNC2CC2)nn1. The Bertz CT molecular complexity index is 369. The number of carbonyl (C=O) groups is 1. The number of aromatic nitrogens is 3. The maximum absolute atomic E-state index is 11.4. The van der Waals surface area contributed by atoms with Crippen LogP contribution in [0.15, 0.2) is 6.20 Å². The molecule has 88 valence electrons. The highest BCUT2D eigenvalue weighted by atomic mass is 16.2. The Morgan fingerprint density at radius 2 is 2.38 bits per heavy atom. The average Bonchev–Trinajstić information content (AvgIpc) is 2.97. The lowest BCUT2D eigenvalue weighted by Crippen LogP contribution is -2.26. The number of hydrogen-bond donors (Lipinski definition) is 1. The summed E-state index contributed by atoms with van der Waals surface area (Å²) < 4.78 is 1.58. The van der Waals surface area contributed by atoms with Gasteiger partial charge in [-0.05, 0) is 12.8 Å². The fraction of sp³-hybridized carbons (Fsp3) is 0.700. The Labute approximate surface area is 94.6 Å². The zero-order valence-corrected chi connectivity index (χ0v) is 9.68. The summed E-state index contributed by atoms with van der Waals surface area (Å²) in [5.74, 6) is 0.0200. The number of likely N-dealkylation sites (N-methyl/N-ethyl adjacent to an activating group) is 1. The molecule has 1 saturated carbocycles. The van der Waals surface area contributed by atoms with Crippen LogP contribution in [0.3, 0.4) is 0 Å². The van der Waals surface area contributed by atoms with Crippen LogP contribution in [0.1, 0.15) is 18.5 Å². The Kier molecular flexibility index (Phi) is 3.19. The van der Waals surface area contributed by atoms with E-state index in [-0.39, 0.29) is 12.5 Å². The van der Waals surface area contributed by atoms with Gasteiger partial charge >= 0.3 is 0 Å². The summed E-state index contributed by atoms with van der Waals surface area (Å²) in [5.41, 5.74) is 0.887. The summed E-state index contributed by atoms with van der Waals surface area (Å²) in [4.78, 5) is 13.0. The molecular weight excluding hydrogens is 206 g/mol. The van der Waals surface area contributed by atoms with Gasteiger partial charge in [0.2, 0.25) is 5.91 Å². The van der Waals surface area contributed by atoms with Crippen molar-refractivity contribution in [2.24, 2.45) is 0 Å². The van der Waals surface area contributed by atoms with Crippen molar-refractivity contribution in [1.82, 2.24) is 25.2 Å². The van der Waals surface area contributed by atoms with E-state index in [2.05, 4.69) is 15.6 Å². The molecular formula is C10H17N5O. The quantitative estimate of drug-likeness (QED) is 0.739. The molecule has 1 aliphatic rings. The molecule has 1 heterocycles. The van der Waals surface area contributed by atoms with E-state index in [1.165, 1.54) is 12.8 Å². The smallest absolute Gasteiger partial charge is 0.243 e. The van der Waals surface area contributed by atoms with E-state index >= 15 is 0 Å². The number of rotatable bonds is 5. The van der Waals surface area contributed by atoms with Gasteiger partial charge in [-0.25, -0.2) is 4.68 Å².